The number of rotatable bonds is 7. The maximum Gasteiger partial charge on any atom is 0.337 e. The number of hydrogen-bond acceptors (Lipinski definition) is 8. The summed E-state index contributed by atoms with van der Waals surface area (Å²) in [5.74, 6) is -2.72. The molecule has 150 valence electrons. The Bertz CT molecular complexity index is 948. The van der Waals surface area contributed by atoms with E-state index in [0.717, 1.165) is 26.4 Å². The molecule has 0 heterocycles. The molecule has 10 heteroatoms. The van der Waals surface area contributed by atoms with Gasteiger partial charge < -0.3 is 14.8 Å². The van der Waals surface area contributed by atoms with Crippen LogP contribution in [-0.4, -0.2) is 42.8 Å². The third kappa shape index (κ3) is 5.45. The summed E-state index contributed by atoms with van der Waals surface area (Å²) >= 11 is 0. The number of methoxy groups -OCH3 is 2. The van der Waals surface area contributed by atoms with E-state index in [0.29, 0.717) is 0 Å². The Morgan fingerprint density at radius 1 is 0.897 bits per heavy atom. The van der Waals surface area contributed by atoms with E-state index < -0.39 is 35.0 Å². The second-order valence-corrected chi connectivity index (χ2v) is 5.73. The molecule has 0 aliphatic rings. The van der Waals surface area contributed by atoms with Crippen LogP contribution in [0.25, 0.3) is 0 Å². The van der Waals surface area contributed by atoms with Crippen LogP contribution in [-0.2, 0) is 14.3 Å². The molecule has 0 aliphatic carbocycles. The quantitative estimate of drug-likeness (QED) is 0.245. The van der Waals surface area contributed by atoms with Gasteiger partial charge >= 0.3 is 11.9 Å². The number of nitro benzene ring substituents is 1. The Morgan fingerprint density at radius 3 is 1.86 bits per heavy atom. The maximum absolute atomic E-state index is 12.2. The zero-order valence-electron chi connectivity index (χ0n) is 15.5. The second kappa shape index (κ2) is 9.22. The normalized spacial score (nSPS) is 10.0. The fraction of sp³-hybridized carbons (Fsp3) is 0.158. The highest BCUT2D eigenvalue weighted by atomic mass is 16.6. The van der Waals surface area contributed by atoms with Crippen LogP contribution in [0.2, 0.25) is 0 Å². The van der Waals surface area contributed by atoms with Crippen LogP contribution in [0.1, 0.15) is 37.5 Å². The van der Waals surface area contributed by atoms with Gasteiger partial charge in [0.2, 0.25) is 5.91 Å². The number of non-ortho nitro benzene ring substituents is 1. The van der Waals surface area contributed by atoms with Crippen LogP contribution in [0.4, 0.5) is 11.4 Å². The van der Waals surface area contributed by atoms with Crippen molar-refractivity contribution in [2.75, 3.05) is 19.5 Å². The van der Waals surface area contributed by atoms with Crippen molar-refractivity contribution in [1.29, 1.82) is 0 Å². The average Bonchev–Trinajstić information content (AvgIpc) is 2.72. The van der Waals surface area contributed by atoms with E-state index in [1.165, 1.54) is 30.3 Å². The van der Waals surface area contributed by atoms with Gasteiger partial charge in [0.05, 0.1) is 36.7 Å². The molecule has 2 aromatic rings. The predicted molar refractivity (Wildman–Crippen MR) is 99.8 cm³/mol. The number of carbonyl (C=O) groups excluding carboxylic acids is 4. The fourth-order valence-electron chi connectivity index (χ4n) is 2.39. The van der Waals surface area contributed by atoms with Gasteiger partial charge in [0.25, 0.3) is 5.69 Å². The molecular weight excluding hydrogens is 384 g/mol. The average molecular weight is 400 g/mol. The summed E-state index contributed by atoms with van der Waals surface area (Å²) in [4.78, 5) is 58.0. The lowest BCUT2D eigenvalue weighted by molar-refractivity contribution is -0.384. The first-order valence-electron chi connectivity index (χ1n) is 8.14. The lowest BCUT2D eigenvalue weighted by Crippen LogP contribution is -2.17. The number of ether oxygens (including phenoxy) is 2. The minimum absolute atomic E-state index is 0.00685. The first kappa shape index (κ1) is 21.2. The van der Waals surface area contributed by atoms with Gasteiger partial charge in [-0.15, -0.1) is 0 Å². The summed E-state index contributed by atoms with van der Waals surface area (Å²) in [5.41, 5.74) is 0.0554. The number of hydrogen-bond donors (Lipinski definition) is 1. The molecule has 1 amide bonds. The van der Waals surface area contributed by atoms with Crippen molar-refractivity contribution in [2.24, 2.45) is 0 Å². The first-order chi connectivity index (χ1) is 13.7. The summed E-state index contributed by atoms with van der Waals surface area (Å²) in [5, 5.41) is 13.1. The molecule has 0 aliphatic heterocycles. The van der Waals surface area contributed by atoms with Crippen LogP contribution in [0.5, 0.6) is 0 Å². The van der Waals surface area contributed by atoms with E-state index in [1.54, 1.807) is 0 Å². The number of Topliss-reactive ketones (excluding diaryl/α,β-unsaturated/α-hetero) is 1. The van der Waals surface area contributed by atoms with Crippen molar-refractivity contribution >= 4 is 35.0 Å². The standard InChI is InChI=1S/C19H16N2O8/c1-28-18(24)12-7-13(19(25)29-2)9-14(8-12)20-17(23)10-16(22)11-3-5-15(6-4-11)21(26)27/h3-9H,10H2,1-2H3,(H,20,23). The molecule has 29 heavy (non-hydrogen) atoms. The highest BCUT2D eigenvalue weighted by molar-refractivity contribution is 6.11. The topological polar surface area (TPSA) is 142 Å². The van der Waals surface area contributed by atoms with Gasteiger partial charge in [-0.25, -0.2) is 9.59 Å². The molecule has 0 atom stereocenters. The molecule has 0 radical (unpaired) electrons. The van der Waals surface area contributed by atoms with Crippen LogP contribution >= 0.6 is 0 Å². The summed E-state index contributed by atoms with van der Waals surface area (Å²) in [6.07, 6.45) is -0.548. The second-order valence-electron chi connectivity index (χ2n) is 5.73. The van der Waals surface area contributed by atoms with E-state index in [1.807, 2.05) is 0 Å². The number of ketones is 1. The largest absolute Gasteiger partial charge is 0.465 e. The van der Waals surface area contributed by atoms with E-state index in [9.17, 15) is 29.3 Å². The number of benzene rings is 2. The Labute approximate surface area is 164 Å². The fourth-order valence-corrected chi connectivity index (χ4v) is 2.39. The van der Waals surface area contributed by atoms with Gasteiger partial charge in [-0.1, -0.05) is 0 Å². The van der Waals surface area contributed by atoms with Crippen molar-refractivity contribution < 1.29 is 33.6 Å². The molecule has 0 fully saturated rings. The lowest BCUT2D eigenvalue weighted by atomic mass is 10.1. The molecule has 0 saturated heterocycles. The predicted octanol–water partition coefficient (Wildman–Crippen LogP) is 2.38. The molecule has 2 aromatic carbocycles. The summed E-state index contributed by atoms with van der Waals surface area (Å²) in [6.45, 7) is 0. The Kier molecular flexibility index (Phi) is 6.75. The third-order valence-electron chi connectivity index (χ3n) is 3.78. The highest BCUT2D eigenvalue weighted by Crippen LogP contribution is 2.18. The van der Waals surface area contributed by atoms with Crippen molar-refractivity contribution in [1.82, 2.24) is 0 Å². The third-order valence-corrected chi connectivity index (χ3v) is 3.78. The van der Waals surface area contributed by atoms with Gasteiger partial charge in [0.15, 0.2) is 5.78 Å². The highest BCUT2D eigenvalue weighted by Gasteiger charge is 2.17. The number of esters is 2. The Balaban J connectivity index is 2.16. The van der Waals surface area contributed by atoms with Gasteiger partial charge in [-0.2, -0.15) is 0 Å². The molecule has 2 rings (SSSR count). The van der Waals surface area contributed by atoms with Crippen LogP contribution in [0.3, 0.4) is 0 Å². The van der Waals surface area contributed by atoms with Gasteiger partial charge in [-0.3, -0.25) is 19.7 Å². The van der Waals surface area contributed by atoms with Gasteiger partial charge in [-0.05, 0) is 30.3 Å². The molecular formula is C19H16N2O8. The summed E-state index contributed by atoms with van der Waals surface area (Å²) in [6, 6.07) is 8.64. The number of nitro groups is 1. The Hall–Kier alpha value is -4.08. The minimum atomic E-state index is -0.729. The van der Waals surface area contributed by atoms with E-state index >= 15 is 0 Å². The van der Waals surface area contributed by atoms with Crippen LogP contribution < -0.4 is 5.32 Å². The zero-order chi connectivity index (χ0) is 21.6. The minimum Gasteiger partial charge on any atom is -0.465 e. The molecule has 0 bridgehead atoms. The van der Waals surface area contributed by atoms with Crippen molar-refractivity contribution in [2.45, 2.75) is 6.42 Å². The number of nitrogens with zero attached hydrogens (tertiary/aromatic N) is 1. The lowest BCUT2D eigenvalue weighted by Gasteiger charge is -2.09. The molecule has 10 nitrogen and oxygen atoms in total. The monoisotopic (exact) mass is 400 g/mol. The van der Waals surface area contributed by atoms with E-state index in [4.69, 9.17) is 0 Å². The SMILES string of the molecule is COC(=O)c1cc(NC(=O)CC(=O)c2ccc([N+](=O)[O-])cc2)cc(C(=O)OC)c1. The number of amides is 1. The summed E-state index contributed by atoms with van der Waals surface area (Å²) < 4.78 is 9.22. The van der Waals surface area contributed by atoms with Crippen molar-refractivity contribution in [3.05, 3.63) is 69.3 Å². The molecule has 0 unspecified atom stereocenters. The smallest absolute Gasteiger partial charge is 0.337 e. The number of anilines is 1. The molecule has 0 spiro atoms. The van der Waals surface area contributed by atoms with Crippen LogP contribution in [0, 0.1) is 10.1 Å². The van der Waals surface area contributed by atoms with E-state index in [2.05, 4.69) is 14.8 Å². The zero-order valence-corrected chi connectivity index (χ0v) is 15.5. The van der Waals surface area contributed by atoms with Gasteiger partial charge in [0, 0.05) is 23.4 Å². The van der Waals surface area contributed by atoms with E-state index in [-0.39, 0.29) is 28.1 Å². The molecule has 0 saturated carbocycles. The molecule has 1 N–H and O–H groups in total. The molecule has 0 aromatic heterocycles. The number of carbonyl (C=O) groups is 4. The van der Waals surface area contributed by atoms with Gasteiger partial charge in [0.1, 0.15) is 0 Å². The van der Waals surface area contributed by atoms with Crippen LogP contribution in [0.15, 0.2) is 42.5 Å². The van der Waals surface area contributed by atoms with Crippen molar-refractivity contribution in [3.63, 3.8) is 0 Å². The first-order valence-corrected chi connectivity index (χ1v) is 8.14. The maximum atomic E-state index is 12.2. The Morgan fingerprint density at radius 2 is 1.41 bits per heavy atom. The van der Waals surface area contributed by atoms with Crippen molar-refractivity contribution in [3.8, 4) is 0 Å². The number of nitrogens with one attached hydrogen (secondary N) is 1. The summed E-state index contributed by atoms with van der Waals surface area (Å²) in [7, 11) is 2.32.